The lowest BCUT2D eigenvalue weighted by molar-refractivity contribution is 0.0954. The van der Waals surface area contributed by atoms with E-state index in [4.69, 9.17) is 4.74 Å². The number of nitrogens with zero attached hydrogens (tertiary/aromatic N) is 1. The van der Waals surface area contributed by atoms with Crippen molar-refractivity contribution >= 4 is 5.91 Å². The Kier molecular flexibility index (Phi) is 5.82. The van der Waals surface area contributed by atoms with E-state index in [1.807, 2.05) is 12.1 Å². The molecule has 1 aromatic heterocycles. The quantitative estimate of drug-likeness (QED) is 0.733. The van der Waals surface area contributed by atoms with Crippen molar-refractivity contribution in [1.29, 1.82) is 0 Å². The molecule has 0 saturated heterocycles. The van der Waals surface area contributed by atoms with Gasteiger partial charge in [-0.3, -0.25) is 4.79 Å². The molecule has 5 heteroatoms. The summed E-state index contributed by atoms with van der Waals surface area (Å²) in [6.07, 6.45) is 6.28. The Morgan fingerprint density at radius 3 is 2.81 bits per heavy atom. The number of H-pyrrole nitrogens is 1. The van der Waals surface area contributed by atoms with E-state index in [1.54, 1.807) is 24.7 Å². The third-order valence-corrected chi connectivity index (χ3v) is 3.12. The summed E-state index contributed by atoms with van der Waals surface area (Å²) in [4.78, 5) is 18.9. The number of rotatable bonds is 8. The molecular weight excluding hydrogens is 266 g/mol. The summed E-state index contributed by atoms with van der Waals surface area (Å²) in [5.41, 5.74) is 1.65. The second-order valence-corrected chi connectivity index (χ2v) is 4.81. The molecule has 0 atom stereocenters. The molecule has 5 nitrogen and oxygen atoms in total. The molecule has 1 aromatic carbocycles. The van der Waals surface area contributed by atoms with Gasteiger partial charge in [0.1, 0.15) is 5.75 Å². The Hall–Kier alpha value is -2.30. The molecule has 2 N–H and O–H groups in total. The van der Waals surface area contributed by atoms with Crippen LogP contribution >= 0.6 is 0 Å². The summed E-state index contributed by atoms with van der Waals surface area (Å²) in [6.45, 7) is 3.42. The van der Waals surface area contributed by atoms with Gasteiger partial charge in [-0.2, -0.15) is 0 Å². The fraction of sp³-hybridized carbons (Fsp3) is 0.375. The SMILES string of the molecule is CCCCOc1ccc(C(=O)NCCc2cnc[nH]2)cc1. The summed E-state index contributed by atoms with van der Waals surface area (Å²) in [5.74, 6) is 0.729. The number of aromatic nitrogens is 2. The van der Waals surface area contributed by atoms with Crippen LogP contribution in [0.2, 0.25) is 0 Å². The lowest BCUT2D eigenvalue weighted by Gasteiger charge is -2.07. The Labute approximate surface area is 124 Å². The third kappa shape index (κ3) is 4.95. The molecular formula is C16H21N3O2. The highest BCUT2D eigenvalue weighted by atomic mass is 16.5. The summed E-state index contributed by atoms with van der Waals surface area (Å²) in [5, 5.41) is 2.88. The molecule has 112 valence electrons. The van der Waals surface area contributed by atoms with Gasteiger partial charge in [0.2, 0.25) is 0 Å². The third-order valence-electron chi connectivity index (χ3n) is 3.12. The standard InChI is InChI=1S/C16H21N3O2/c1-2-3-10-21-15-6-4-13(5-7-15)16(20)18-9-8-14-11-17-12-19-14/h4-7,11-12H,2-3,8-10H2,1H3,(H,17,19)(H,18,20). The maximum absolute atomic E-state index is 12.0. The lowest BCUT2D eigenvalue weighted by atomic mass is 10.2. The molecule has 1 heterocycles. The van der Waals surface area contributed by atoms with Crippen molar-refractivity contribution < 1.29 is 9.53 Å². The van der Waals surface area contributed by atoms with E-state index in [0.29, 0.717) is 18.7 Å². The molecule has 0 spiro atoms. The van der Waals surface area contributed by atoms with Gasteiger partial charge in [0.25, 0.3) is 5.91 Å². The van der Waals surface area contributed by atoms with Crippen LogP contribution in [0.15, 0.2) is 36.8 Å². The van der Waals surface area contributed by atoms with Gasteiger partial charge < -0.3 is 15.0 Å². The number of amides is 1. The van der Waals surface area contributed by atoms with E-state index in [9.17, 15) is 4.79 Å². The first kappa shape index (κ1) is 15.1. The monoisotopic (exact) mass is 287 g/mol. The topological polar surface area (TPSA) is 67.0 Å². The fourth-order valence-electron chi connectivity index (χ4n) is 1.87. The van der Waals surface area contributed by atoms with Crippen LogP contribution in [0, 0.1) is 0 Å². The van der Waals surface area contributed by atoms with Crippen LogP contribution in [-0.4, -0.2) is 29.0 Å². The zero-order valence-electron chi connectivity index (χ0n) is 12.3. The summed E-state index contributed by atoms with van der Waals surface area (Å²) < 4.78 is 5.57. The van der Waals surface area contributed by atoms with Gasteiger partial charge >= 0.3 is 0 Å². The Bertz CT molecular complexity index is 535. The maximum atomic E-state index is 12.0. The Morgan fingerprint density at radius 1 is 1.33 bits per heavy atom. The van der Waals surface area contributed by atoms with Crippen molar-refractivity contribution in [3.8, 4) is 5.75 Å². The van der Waals surface area contributed by atoms with Gasteiger partial charge in [-0.15, -0.1) is 0 Å². The molecule has 2 aromatic rings. The second-order valence-electron chi connectivity index (χ2n) is 4.81. The number of carbonyl (C=O) groups is 1. The van der Waals surface area contributed by atoms with E-state index < -0.39 is 0 Å². The number of hydrogen-bond donors (Lipinski definition) is 2. The number of ether oxygens (including phenoxy) is 1. The predicted octanol–water partition coefficient (Wildman–Crippen LogP) is 2.56. The van der Waals surface area contributed by atoms with Crippen LogP contribution in [0.1, 0.15) is 35.8 Å². The van der Waals surface area contributed by atoms with Crippen molar-refractivity contribution in [2.45, 2.75) is 26.2 Å². The highest BCUT2D eigenvalue weighted by Crippen LogP contribution is 2.12. The number of nitrogens with one attached hydrogen (secondary N) is 2. The van der Waals surface area contributed by atoms with Gasteiger partial charge in [-0.05, 0) is 30.7 Å². The summed E-state index contributed by atoms with van der Waals surface area (Å²) in [6, 6.07) is 7.23. The van der Waals surface area contributed by atoms with E-state index >= 15 is 0 Å². The van der Waals surface area contributed by atoms with Crippen molar-refractivity contribution in [3.05, 3.63) is 48.0 Å². The average molecular weight is 287 g/mol. The van der Waals surface area contributed by atoms with Gasteiger partial charge in [0, 0.05) is 30.4 Å². The molecule has 0 radical (unpaired) electrons. The van der Waals surface area contributed by atoms with E-state index in [-0.39, 0.29) is 5.91 Å². The normalized spacial score (nSPS) is 10.3. The lowest BCUT2D eigenvalue weighted by Crippen LogP contribution is -2.25. The van der Waals surface area contributed by atoms with E-state index in [2.05, 4.69) is 22.2 Å². The van der Waals surface area contributed by atoms with Gasteiger partial charge in [0.05, 0.1) is 12.9 Å². The molecule has 0 aliphatic carbocycles. The number of unbranched alkanes of at least 4 members (excludes halogenated alkanes) is 1. The molecule has 0 aliphatic heterocycles. The zero-order valence-corrected chi connectivity index (χ0v) is 12.3. The largest absolute Gasteiger partial charge is 0.494 e. The van der Waals surface area contributed by atoms with Crippen molar-refractivity contribution in [3.63, 3.8) is 0 Å². The van der Waals surface area contributed by atoms with E-state index in [0.717, 1.165) is 30.7 Å². The molecule has 0 unspecified atom stereocenters. The van der Waals surface area contributed by atoms with Crippen LogP contribution in [0.4, 0.5) is 0 Å². The van der Waals surface area contributed by atoms with Crippen LogP contribution in [0.5, 0.6) is 5.75 Å². The minimum Gasteiger partial charge on any atom is -0.494 e. The van der Waals surface area contributed by atoms with Crippen molar-refractivity contribution in [2.24, 2.45) is 0 Å². The second kappa shape index (κ2) is 8.09. The first-order chi connectivity index (χ1) is 10.3. The minimum atomic E-state index is -0.0744. The predicted molar refractivity (Wildman–Crippen MR) is 81.5 cm³/mol. The van der Waals surface area contributed by atoms with E-state index in [1.165, 1.54) is 0 Å². The number of aromatic amines is 1. The van der Waals surface area contributed by atoms with Crippen LogP contribution in [0.25, 0.3) is 0 Å². The molecule has 0 aliphatic rings. The average Bonchev–Trinajstić information content (AvgIpc) is 3.01. The van der Waals surface area contributed by atoms with Gasteiger partial charge in [-0.1, -0.05) is 13.3 Å². The first-order valence-corrected chi connectivity index (χ1v) is 7.28. The van der Waals surface area contributed by atoms with Crippen LogP contribution in [0.3, 0.4) is 0 Å². The molecule has 2 rings (SSSR count). The number of carbonyl (C=O) groups excluding carboxylic acids is 1. The number of imidazole rings is 1. The van der Waals surface area contributed by atoms with Crippen LogP contribution < -0.4 is 10.1 Å². The molecule has 0 bridgehead atoms. The Morgan fingerprint density at radius 2 is 2.14 bits per heavy atom. The van der Waals surface area contributed by atoms with Crippen LogP contribution in [-0.2, 0) is 6.42 Å². The summed E-state index contributed by atoms with van der Waals surface area (Å²) >= 11 is 0. The minimum absolute atomic E-state index is 0.0744. The molecule has 1 amide bonds. The zero-order chi connectivity index (χ0) is 14.9. The fourth-order valence-corrected chi connectivity index (χ4v) is 1.87. The highest BCUT2D eigenvalue weighted by molar-refractivity contribution is 5.94. The Balaban J connectivity index is 1.76. The highest BCUT2D eigenvalue weighted by Gasteiger charge is 2.05. The summed E-state index contributed by atoms with van der Waals surface area (Å²) in [7, 11) is 0. The van der Waals surface area contributed by atoms with Gasteiger partial charge in [-0.25, -0.2) is 4.98 Å². The molecule has 0 saturated carbocycles. The first-order valence-electron chi connectivity index (χ1n) is 7.28. The molecule has 0 fully saturated rings. The number of hydrogen-bond acceptors (Lipinski definition) is 3. The molecule has 21 heavy (non-hydrogen) atoms. The maximum Gasteiger partial charge on any atom is 0.251 e. The van der Waals surface area contributed by atoms with Crippen molar-refractivity contribution in [2.75, 3.05) is 13.2 Å². The smallest absolute Gasteiger partial charge is 0.251 e. The van der Waals surface area contributed by atoms with Gasteiger partial charge in [0.15, 0.2) is 0 Å². The number of benzene rings is 1. The van der Waals surface area contributed by atoms with Crippen molar-refractivity contribution in [1.82, 2.24) is 15.3 Å².